The van der Waals surface area contributed by atoms with Crippen LogP contribution in [0.2, 0.25) is 0 Å². The fourth-order valence-corrected chi connectivity index (χ4v) is 4.01. The van der Waals surface area contributed by atoms with Gasteiger partial charge in [-0.25, -0.2) is 4.39 Å². The molecule has 1 aliphatic carbocycles. The number of carbonyl (C=O) groups excluding carboxylic acids is 1. The van der Waals surface area contributed by atoms with Crippen molar-refractivity contribution in [3.63, 3.8) is 0 Å². The summed E-state index contributed by atoms with van der Waals surface area (Å²) in [6.07, 6.45) is 3.87. The van der Waals surface area contributed by atoms with Gasteiger partial charge in [-0.1, -0.05) is 6.07 Å². The lowest BCUT2D eigenvalue weighted by atomic mass is 9.91. The third-order valence-corrected chi connectivity index (χ3v) is 5.39. The van der Waals surface area contributed by atoms with Gasteiger partial charge in [-0.15, -0.1) is 11.3 Å². The van der Waals surface area contributed by atoms with E-state index in [2.05, 4.69) is 0 Å². The van der Waals surface area contributed by atoms with E-state index in [9.17, 15) is 9.18 Å². The molecule has 1 aromatic carbocycles. The molecule has 1 aliphatic rings. The van der Waals surface area contributed by atoms with Crippen molar-refractivity contribution in [1.29, 1.82) is 0 Å². The molecule has 0 spiro atoms. The van der Waals surface area contributed by atoms with Crippen LogP contribution in [0.15, 0.2) is 24.3 Å². The molecule has 5 heteroatoms. The first-order valence-electron chi connectivity index (χ1n) is 7.26. The lowest BCUT2D eigenvalue weighted by Crippen LogP contribution is -2.41. The van der Waals surface area contributed by atoms with E-state index < -0.39 is 0 Å². The summed E-state index contributed by atoms with van der Waals surface area (Å²) in [6, 6.07) is 7.02. The molecule has 112 valence electrons. The topological polar surface area (TPSA) is 46.3 Å². The fourth-order valence-electron chi connectivity index (χ4n) is 2.94. The number of carbonyl (C=O) groups is 1. The Kier molecular flexibility index (Phi) is 3.95. The SMILES string of the molecule is CN(C(=O)c1cc2ccc(F)cc2s1)C1CCC(N)CC1. The number of hydrogen-bond acceptors (Lipinski definition) is 3. The standard InChI is InChI=1S/C16H19FN2OS/c1-19(13-6-4-12(18)5-7-13)16(20)15-8-10-2-3-11(17)9-14(10)21-15/h2-3,8-9,12-13H,4-7,18H2,1H3. The van der Waals surface area contributed by atoms with E-state index in [4.69, 9.17) is 5.73 Å². The number of amides is 1. The molecule has 0 atom stereocenters. The second kappa shape index (κ2) is 5.73. The Morgan fingerprint density at radius 2 is 2.00 bits per heavy atom. The number of halogens is 1. The Labute approximate surface area is 127 Å². The largest absolute Gasteiger partial charge is 0.338 e. The Morgan fingerprint density at radius 3 is 2.71 bits per heavy atom. The summed E-state index contributed by atoms with van der Waals surface area (Å²) in [6.45, 7) is 0. The zero-order valence-electron chi connectivity index (χ0n) is 12.0. The van der Waals surface area contributed by atoms with Gasteiger partial charge in [-0.3, -0.25) is 4.79 Å². The maximum atomic E-state index is 13.2. The summed E-state index contributed by atoms with van der Waals surface area (Å²) in [5.41, 5.74) is 5.91. The number of fused-ring (bicyclic) bond motifs is 1. The van der Waals surface area contributed by atoms with Crippen LogP contribution in [0.3, 0.4) is 0 Å². The summed E-state index contributed by atoms with van der Waals surface area (Å²) >= 11 is 1.36. The molecule has 0 bridgehead atoms. The molecular weight excluding hydrogens is 287 g/mol. The number of rotatable bonds is 2. The molecular formula is C16H19FN2OS. The van der Waals surface area contributed by atoms with Crippen LogP contribution < -0.4 is 5.73 Å². The highest BCUT2D eigenvalue weighted by Crippen LogP contribution is 2.29. The van der Waals surface area contributed by atoms with Crippen LogP contribution in [-0.2, 0) is 0 Å². The van der Waals surface area contributed by atoms with Crippen LogP contribution in [0.4, 0.5) is 4.39 Å². The van der Waals surface area contributed by atoms with Crippen molar-refractivity contribution < 1.29 is 9.18 Å². The molecule has 0 unspecified atom stereocenters. The van der Waals surface area contributed by atoms with Crippen LogP contribution in [0.5, 0.6) is 0 Å². The van der Waals surface area contributed by atoms with Gasteiger partial charge >= 0.3 is 0 Å². The van der Waals surface area contributed by atoms with Crippen LogP contribution in [0.25, 0.3) is 10.1 Å². The van der Waals surface area contributed by atoms with Gasteiger partial charge in [0.25, 0.3) is 5.91 Å². The minimum atomic E-state index is -0.266. The van der Waals surface area contributed by atoms with Crippen LogP contribution in [0.1, 0.15) is 35.4 Å². The van der Waals surface area contributed by atoms with Gasteiger partial charge in [0.05, 0.1) is 4.88 Å². The van der Waals surface area contributed by atoms with Crippen molar-refractivity contribution in [1.82, 2.24) is 4.90 Å². The first-order chi connectivity index (χ1) is 10.0. The smallest absolute Gasteiger partial charge is 0.263 e. The average Bonchev–Trinajstić information content (AvgIpc) is 2.89. The van der Waals surface area contributed by atoms with E-state index in [1.807, 2.05) is 18.0 Å². The predicted octanol–water partition coefficient (Wildman–Crippen LogP) is 3.38. The van der Waals surface area contributed by atoms with E-state index in [0.29, 0.717) is 4.88 Å². The molecule has 1 fully saturated rings. The van der Waals surface area contributed by atoms with Gasteiger partial charge < -0.3 is 10.6 Å². The van der Waals surface area contributed by atoms with E-state index >= 15 is 0 Å². The second-order valence-corrected chi connectivity index (χ2v) is 6.86. The van der Waals surface area contributed by atoms with Gasteiger partial charge in [-0.05, 0) is 49.3 Å². The highest BCUT2D eigenvalue weighted by Gasteiger charge is 2.26. The minimum absolute atomic E-state index is 0.0251. The van der Waals surface area contributed by atoms with Gasteiger partial charge in [0.2, 0.25) is 0 Å². The van der Waals surface area contributed by atoms with Gasteiger partial charge in [0.15, 0.2) is 0 Å². The highest BCUT2D eigenvalue weighted by atomic mass is 32.1. The zero-order valence-corrected chi connectivity index (χ0v) is 12.8. The van der Waals surface area contributed by atoms with Gasteiger partial charge in [-0.2, -0.15) is 0 Å². The first kappa shape index (κ1) is 14.5. The fraction of sp³-hybridized carbons (Fsp3) is 0.438. The number of nitrogens with two attached hydrogens (primary N) is 1. The van der Waals surface area contributed by atoms with Crippen molar-refractivity contribution >= 4 is 27.3 Å². The molecule has 3 nitrogen and oxygen atoms in total. The lowest BCUT2D eigenvalue weighted by Gasteiger charge is -2.33. The molecule has 21 heavy (non-hydrogen) atoms. The summed E-state index contributed by atoms with van der Waals surface area (Å²) in [5, 5.41) is 0.920. The van der Waals surface area contributed by atoms with Crippen molar-refractivity contribution in [3.05, 3.63) is 35.0 Å². The Bertz CT molecular complexity index is 661. The molecule has 0 aliphatic heterocycles. The third kappa shape index (κ3) is 2.94. The van der Waals surface area contributed by atoms with E-state index in [1.165, 1.54) is 23.5 Å². The predicted molar refractivity (Wildman–Crippen MR) is 84.1 cm³/mol. The quantitative estimate of drug-likeness (QED) is 0.924. The van der Waals surface area contributed by atoms with Gasteiger partial charge in [0.1, 0.15) is 5.82 Å². The molecule has 1 aromatic heterocycles. The zero-order chi connectivity index (χ0) is 15.0. The molecule has 2 N–H and O–H groups in total. The molecule has 2 aromatic rings. The molecule has 0 saturated heterocycles. The molecule has 1 amide bonds. The molecule has 1 saturated carbocycles. The van der Waals surface area contributed by atoms with Crippen molar-refractivity contribution in [2.45, 2.75) is 37.8 Å². The van der Waals surface area contributed by atoms with Crippen molar-refractivity contribution in [2.75, 3.05) is 7.05 Å². The molecule has 3 rings (SSSR count). The molecule has 1 heterocycles. The number of benzene rings is 1. The first-order valence-corrected chi connectivity index (χ1v) is 8.08. The lowest BCUT2D eigenvalue weighted by molar-refractivity contribution is 0.0695. The number of nitrogens with zero attached hydrogens (tertiary/aromatic N) is 1. The monoisotopic (exact) mass is 306 g/mol. The maximum Gasteiger partial charge on any atom is 0.263 e. The Hall–Kier alpha value is -1.46. The average molecular weight is 306 g/mol. The van der Waals surface area contributed by atoms with Crippen molar-refractivity contribution in [3.8, 4) is 0 Å². The van der Waals surface area contributed by atoms with E-state index in [1.54, 1.807) is 6.07 Å². The number of thiophene rings is 1. The Balaban J connectivity index is 1.79. The second-order valence-electron chi connectivity index (χ2n) is 5.78. The highest BCUT2D eigenvalue weighted by molar-refractivity contribution is 7.20. The maximum absolute atomic E-state index is 13.2. The Morgan fingerprint density at radius 1 is 1.29 bits per heavy atom. The normalized spacial score (nSPS) is 22.4. The van der Waals surface area contributed by atoms with E-state index in [0.717, 1.165) is 35.8 Å². The summed E-state index contributed by atoms with van der Waals surface area (Å²) in [7, 11) is 1.86. The minimum Gasteiger partial charge on any atom is -0.338 e. The van der Waals surface area contributed by atoms with Gasteiger partial charge in [0, 0.05) is 23.8 Å². The third-order valence-electron chi connectivity index (χ3n) is 4.30. The summed E-state index contributed by atoms with van der Waals surface area (Å²) in [4.78, 5) is 15.1. The van der Waals surface area contributed by atoms with Crippen LogP contribution in [0, 0.1) is 5.82 Å². The molecule has 0 radical (unpaired) electrons. The van der Waals surface area contributed by atoms with Crippen molar-refractivity contribution in [2.24, 2.45) is 5.73 Å². The van der Waals surface area contributed by atoms with Crippen LogP contribution in [-0.4, -0.2) is 29.9 Å². The van der Waals surface area contributed by atoms with E-state index in [-0.39, 0.29) is 23.8 Å². The van der Waals surface area contributed by atoms with Crippen LogP contribution >= 0.6 is 11.3 Å². The number of hydrogen-bond donors (Lipinski definition) is 1. The summed E-state index contributed by atoms with van der Waals surface area (Å²) in [5.74, 6) is -0.241. The summed E-state index contributed by atoms with van der Waals surface area (Å²) < 4.78 is 14.0.